The predicted octanol–water partition coefficient (Wildman–Crippen LogP) is 5.62. The van der Waals surface area contributed by atoms with Crippen LogP contribution in [-0.4, -0.2) is 32.2 Å². The number of rotatable bonds is 9. The quantitative estimate of drug-likeness (QED) is 0.399. The summed E-state index contributed by atoms with van der Waals surface area (Å²) in [6, 6.07) is 10.9. The van der Waals surface area contributed by atoms with Crippen molar-refractivity contribution in [3.63, 3.8) is 0 Å². The Bertz CT molecular complexity index is 903. The molecular weight excluding hydrogens is 418 g/mol. The smallest absolute Gasteiger partial charge is 0.341 e. The van der Waals surface area contributed by atoms with E-state index in [1.807, 2.05) is 12.1 Å². The van der Waals surface area contributed by atoms with Gasteiger partial charge in [0.25, 0.3) is 0 Å². The fourth-order valence-electron chi connectivity index (χ4n) is 2.87. The van der Waals surface area contributed by atoms with Gasteiger partial charge in [-0.1, -0.05) is 44.5 Å². The van der Waals surface area contributed by atoms with E-state index >= 15 is 0 Å². The minimum Gasteiger partial charge on any atom is -0.496 e. The van der Waals surface area contributed by atoms with Crippen LogP contribution in [0.4, 0.5) is 5.69 Å². The summed E-state index contributed by atoms with van der Waals surface area (Å²) >= 11 is 6.23. The van der Waals surface area contributed by atoms with Crippen LogP contribution in [-0.2, 0) is 14.9 Å². The fourth-order valence-corrected chi connectivity index (χ4v) is 3.08. The van der Waals surface area contributed by atoms with Crippen molar-refractivity contribution in [2.24, 2.45) is 0 Å². The zero-order valence-corrected chi connectivity index (χ0v) is 19.5. The molecule has 2 aromatic carbocycles. The number of amides is 1. The van der Waals surface area contributed by atoms with Crippen LogP contribution in [0.1, 0.15) is 56.5 Å². The van der Waals surface area contributed by atoms with E-state index in [2.05, 4.69) is 38.2 Å². The second kappa shape index (κ2) is 11.0. The maximum Gasteiger partial charge on any atom is 0.341 e. The van der Waals surface area contributed by atoms with Crippen molar-refractivity contribution in [2.75, 3.05) is 25.6 Å². The molecule has 0 unspecified atom stereocenters. The Morgan fingerprint density at radius 3 is 2.35 bits per heavy atom. The first-order valence-electron chi connectivity index (χ1n) is 10.2. The van der Waals surface area contributed by atoms with Crippen LogP contribution in [0.2, 0.25) is 5.02 Å². The van der Waals surface area contributed by atoms with Gasteiger partial charge >= 0.3 is 5.97 Å². The fraction of sp³-hybridized carbons (Fsp3) is 0.417. The lowest BCUT2D eigenvalue weighted by molar-refractivity contribution is -0.116. The average Bonchev–Trinajstić information content (AvgIpc) is 2.72. The van der Waals surface area contributed by atoms with Crippen LogP contribution in [0, 0.1) is 0 Å². The summed E-state index contributed by atoms with van der Waals surface area (Å²) in [6.07, 6.45) is 0.806. The van der Waals surface area contributed by atoms with Gasteiger partial charge in [0.15, 0.2) is 0 Å². The van der Waals surface area contributed by atoms with Crippen molar-refractivity contribution in [1.29, 1.82) is 0 Å². The van der Waals surface area contributed by atoms with Gasteiger partial charge in [-0.25, -0.2) is 4.79 Å². The molecule has 31 heavy (non-hydrogen) atoms. The van der Waals surface area contributed by atoms with Crippen molar-refractivity contribution in [3.05, 3.63) is 52.5 Å². The molecule has 0 bridgehead atoms. The summed E-state index contributed by atoms with van der Waals surface area (Å²) in [5, 5.41) is 2.98. The minimum absolute atomic E-state index is 0.0924. The van der Waals surface area contributed by atoms with Crippen LogP contribution in [0.15, 0.2) is 36.4 Å². The maximum atomic E-state index is 12.3. The molecule has 0 radical (unpaired) electrons. The Morgan fingerprint density at radius 2 is 1.77 bits per heavy atom. The van der Waals surface area contributed by atoms with Crippen molar-refractivity contribution in [3.8, 4) is 11.5 Å². The lowest BCUT2D eigenvalue weighted by Crippen LogP contribution is -2.14. The van der Waals surface area contributed by atoms with Gasteiger partial charge in [-0.15, -0.1) is 0 Å². The van der Waals surface area contributed by atoms with Crippen molar-refractivity contribution in [1.82, 2.24) is 0 Å². The SMILES string of the molecule is CCOC(=O)c1cc(Cl)c(NC(=O)CCCOc2ccc(C(C)(C)C)cc2)cc1OC. The number of halogens is 1. The second-order valence-electron chi connectivity index (χ2n) is 8.03. The Hall–Kier alpha value is -2.73. The molecule has 0 aliphatic heterocycles. The molecule has 2 rings (SSSR count). The number of hydrogen-bond donors (Lipinski definition) is 1. The maximum absolute atomic E-state index is 12.3. The summed E-state index contributed by atoms with van der Waals surface area (Å²) in [4.78, 5) is 24.3. The molecule has 6 nitrogen and oxygen atoms in total. The van der Waals surface area contributed by atoms with Crippen molar-refractivity contribution < 1.29 is 23.8 Å². The molecule has 0 heterocycles. The van der Waals surface area contributed by atoms with E-state index in [1.165, 1.54) is 24.8 Å². The van der Waals surface area contributed by atoms with Crippen LogP contribution in [0.25, 0.3) is 0 Å². The van der Waals surface area contributed by atoms with Crippen LogP contribution >= 0.6 is 11.6 Å². The van der Waals surface area contributed by atoms with Gasteiger partial charge in [0.2, 0.25) is 5.91 Å². The van der Waals surface area contributed by atoms with Gasteiger partial charge in [-0.3, -0.25) is 4.79 Å². The molecule has 0 saturated carbocycles. The molecular formula is C24H30ClNO5. The lowest BCUT2D eigenvalue weighted by Gasteiger charge is -2.19. The monoisotopic (exact) mass is 447 g/mol. The van der Waals surface area contributed by atoms with E-state index in [9.17, 15) is 9.59 Å². The number of benzene rings is 2. The molecule has 168 valence electrons. The highest BCUT2D eigenvalue weighted by atomic mass is 35.5. The van der Waals surface area contributed by atoms with E-state index in [1.54, 1.807) is 6.92 Å². The van der Waals surface area contributed by atoms with Gasteiger partial charge in [0.1, 0.15) is 17.1 Å². The normalized spacial score (nSPS) is 11.0. The molecule has 1 amide bonds. The summed E-state index contributed by atoms with van der Waals surface area (Å²) < 4.78 is 16.0. The Kier molecular flexibility index (Phi) is 8.75. The summed E-state index contributed by atoms with van der Waals surface area (Å²) in [6.45, 7) is 8.85. The highest BCUT2D eigenvalue weighted by molar-refractivity contribution is 6.34. The van der Waals surface area contributed by atoms with E-state index in [-0.39, 0.29) is 40.7 Å². The van der Waals surface area contributed by atoms with Gasteiger partial charge in [0, 0.05) is 12.5 Å². The molecule has 0 fully saturated rings. The highest BCUT2D eigenvalue weighted by Gasteiger charge is 2.18. The van der Waals surface area contributed by atoms with Gasteiger partial charge in [-0.2, -0.15) is 0 Å². The Balaban J connectivity index is 1.88. The van der Waals surface area contributed by atoms with E-state index < -0.39 is 5.97 Å². The lowest BCUT2D eigenvalue weighted by atomic mass is 9.87. The summed E-state index contributed by atoms with van der Waals surface area (Å²) in [7, 11) is 1.43. The zero-order chi connectivity index (χ0) is 23.0. The molecule has 0 saturated heterocycles. The molecule has 0 aromatic heterocycles. The second-order valence-corrected chi connectivity index (χ2v) is 8.43. The van der Waals surface area contributed by atoms with Gasteiger partial charge in [-0.05, 0) is 42.5 Å². The van der Waals surface area contributed by atoms with E-state index in [0.717, 1.165) is 5.75 Å². The number of nitrogens with one attached hydrogen (secondary N) is 1. The van der Waals surface area contributed by atoms with Crippen molar-refractivity contribution >= 4 is 29.2 Å². The number of methoxy groups -OCH3 is 1. The summed E-state index contributed by atoms with van der Waals surface area (Å²) in [5.41, 5.74) is 1.91. The molecule has 0 atom stereocenters. The third-order valence-electron chi connectivity index (χ3n) is 4.60. The van der Waals surface area contributed by atoms with Crippen LogP contribution < -0.4 is 14.8 Å². The zero-order valence-electron chi connectivity index (χ0n) is 18.7. The first kappa shape index (κ1) is 24.5. The van der Waals surface area contributed by atoms with Crippen molar-refractivity contribution in [2.45, 2.75) is 46.0 Å². The number of ether oxygens (including phenoxy) is 3. The van der Waals surface area contributed by atoms with E-state index in [0.29, 0.717) is 18.7 Å². The molecule has 1 N–H and O–H groups in total. The predicted molar refractivity (Wildman–Crippen MR) is 122 cm³/mol. The van der Waals surface area contributed by atoms with Crippen LogP contribution in [0.5, 0.6) is 11.5 Å². The molecule has 0 aliphatic rings. The molecule has 2 aromatic rings. The standard InChI is InChI=1S/C24H30ClNO5/c1-6-30-23(28)18-14-19(25)20(15-21(18)29-5)26-22(27)8-7-13-31-17-11-9-16(10-12-17)24(2,3)4/h9-12,14-15H,6-8,13H2,1-5H3,(H,26,27). The topological polar surface area (TPSA) is 73.9 Å². The third kappa shape index (κ3) is 7.17. The number of esters is 1. The number of carbonyl (C=O) groups is 2. The van der Waals surface area contributed by atoms with Gasteiger partial charge < -0.3 is 19.5 Å². The Labute approximate surface area is 188 Å². The first-order valence-corrected chi connectivity index (χ1v) is 10.6. The highest BCUT2D eigenvalue weighted by Crippen LogP contribution is 2.31. The first-order chi connectivity index (χ1) is 14.7. The third-order valence-corrected chi connectivity index (χ3v) is 4.91. The average molecular weight is 448 g/mol. The molecule has 7 heteroatoms. The molecule has 0 aliphatic carbocycles. The van der Waals surface area contributed by atoms with Gasteiger partial charge in [0.05, 0.1) is 31.0 Å². The number of hydrogen-bond acceptors (Lipinski definition) is 5. The molecule has 0 spiro atoms. The van der Waals surface area contributed by atoms with E-state index in [4.69, 9.17) is 25.8 Å². The van der Waals surface area contributed by atoms with Crippen LogP contribution in [0.3, 0.4) is 0 Å². The minimum atomic E-state index is -0.535. The number of anilines is 1. The largest absolute Gasteiger partial charge is 0.496 e. The number of carbonyl (C=O) groups excluding carboxylic acids is 2. The summed E-state index contributed by atoms with van der Waals surface area (Å²) in [5.74, 6) is 0.308. The Morgan fingerprint density at radius 1 is 1.10 bits per heavy atom.